The van der Waals surface area contributed by atoms with Gasteiger partial charge in [0.25, 0.3) is 5.91 Å². The number of amides is 1. The molecule has 0 spiro atoms. The smallest absolute Gasteiger partial charge is 0.256 e. The van der Waals surface area contributed by atoms with E-state index in [-0.39, 0.29) is 4.90 Å². The van der Waals surface area contributed by atoms with Crippen LogP contribution in [0, 0.1) is 0 Å². The number of hydrogen-bond donors (Lipinski definition) is 2. The molecule has 1 saturated heterocycles. The number of sulfone groups is 1. The van der Waals surface area contributed by atoms with Gasteiger partial charge in [-0.3, -0.25) is 4.79 Å². The van der Waals surface area contributed by atoms with Gasteiger partial charge in [0, 0.05) is 10.3 Å². The lowest BCUT2D eigenvalue weighted by molar-refractivity contribution is 0.0923. The fourth-order valence-corrected chi connectivity index (χ4v) is 7.48. The van der Waals surface area contributed by atoms with Gasteiger partial charge >= 0.3 is 0 Å². The molecule has 2 heterocycles. The summed E-state index contributed by atoms with van der Waals surface area (Å²) in [6.45, 7) is 1.34. The second kappa shape index (κ2) is 9.44. The van der Waals surface area contributed by atoms with E-state index in [2.05, 4.69) is 10.6 Å². The Kier molecular flexibility index (Phi) is 6.64. The van der Waals surface area contributed by atoms with Crippen molar-refractivity contribution in [2.45, 2.75) is 28.5 Å². The number of nitrogens with one attached hydrogen (secondary N) is 2. The molecule has 1 aromatic heterocycles. The molecule has 168 valence electrons. The largest absolute Gasteiger partial charge is 0.496 e. The summed E-state index contributed by atoms with van der Waals surface area (Å²) in [4.78, 5) is 14.6. The lowest BCUT2D eigenvalue weighted by Crippen LogP contribution is -2.58. The molecule has 1 unspecified atom stereocenters. The molecule has 4 rings (SSSR count). The van der Waals surface area contributed by atoms with E-state index in [1.165, 1.54) is 18.4 Å². The predicted molar refractivity (Wildman–Crippen MR) is 126 cm³/mol. The number of carbonyl (C=O) groups excluding carboxylic acids is 1. The highest BCUT2D eigenvalue weighted by Gasteiger charge is 2.50. The molecule has 0 aliphatic carbocycles. The number of benzene rings is 2. The maximum absolute atomic E-state index is 14.0. The van der Waals surface area contributed by atoms with Crippen LogP contribution in [0.15, 0.2) is 77.0 Å². The zero-order valence-corrected chi connectivity index (χ0v) is 19.4. The normalized spacial score (nSPS) is 16.8. The van der Waals surface area contributed by atoms with E-state index >= 15 is 0 Å². The summed E-state index contributed by atoms with van der Waals surface area (Å²) in [6.07, 6.45) is 1.19. The van der Waals surface area contributed by atoms with Crippen LogP contribution in [0.1, 0.15) is 28.1 Å². The Labute approximate surface area is 192 Å². The molecule has 0 saturated carbocycles. The molecule has 32 heavy (non-hydrogen) atoms. The van der Waals surface area contributed by atoms with Crippen molar-refractivity contribution >= 4 is 27.1 Å². The summed E-state index contributed by atoms with van der Waals surface area (Å²) in [5.74, 6) is -0.0715. The first-order chi connectivity index (χ1) is 15.5. The number of thiophene rings is 1. The molecule has 1 aliphatic heterocycles. The third kappa shape index (κ3) is 4.18. The van der Waals surface area contributed by atoms with Gasteiger partial charge in [-0.25, -0.2) is 8.42 Å². The Balaban J connectivity index is 1.84. The van der Waals surface area contributed by atoms with E-state index in [9.17, 15) is 13.2 Å². The molecule has 1 amide bonds. The SMILES string of the molecule is COc1ccccc1C(=O)NC(C1(c2cccs2)CCNCC1)S(=O)(=O)c1ccccc1. The summed E-state index contributed by atoms with van der Waals surface area (Å²) in [5.41, 5.74) is -0.440. The first kappa shape index (κ1) is 22.5. The van der Waals surface area contributed by atoms with Crippen LogP contribution in [0.3, 0.4) is 0 Å². The summed E-state index contributed by atoms with van der Waals surface area (Å²) in [7, 11) is -2.41. The zero-order valence-electron chi connectivity index (χ0n) is 17.8. The van der Waals surface area contributed by atoms with E-state index in [4.69, 9.17) is 4.74 Å². The topological polar surface area (TPSA) is 84.5 Å². The number of para-hydroxylation sites is 1. The van der Waals surface area contributed by atoms with Crippen molar-refractivity contribution in [1.29, 1.82) is 0 Å². The van der Waals surface area contributed by atoms with Gasteiger partial charge in [-0.1, -0.05) is 36.4 Å². The number of ether oxygens (including phenoxy) is 1. The second-order valence-electron chi connectivity index (χ2n) is 7.80. The molecular weight excluding hydrogens is 444 g/mol. The minimum absolute atomic E-state index is 0.194. The van der Waals surface area contributed by atoms with Crippen molar-refractivity contribution in [2.75, 3.05) is 20.2 Å². The van der Waals surface area contributed by atoms with Crippen LogP contribution in [-0.2, 0) is 15.3 Å². The lowest BCUT2D eigenvalue weighted by atomic mass is 9.77. The highest BCUT2D eigenvalue weighted by molar-refractivity contribution is 7.92. The average Bonchev–Trinajstić information content (AvgIpc) is 3.39. The van der Waals surface area contributed by atoms with Crippen molar-refractivity contribution < 1.29 is 17.9 Å². The maximum atomic E-state index is 14.0. The molecule has 2 aromatic carbocycles. The molecule has 6 nitrogen and oxygen atoms in total. The van der Waals surface area contributed by atoms with E-state index in [1.807, 2.05) is 17.5 Å². The van der Waals surface area contributed by atoms with E-state index in [0.717, 1.165) is 4.88 Å². The Morgan fingerprint density at radius 2 is 1.72 bits per heavy atom. The van der Waals surface area contributed by atoms with Crippen LogP contribution in [0.5, 0.6) is 5.75 Å². The molecule has 8 heteroatoms. The van der Waals surface area contributed by atoms with Gasteiger partial charge in [-0.15, -0.1) is 11.3 Å². The standard InChI is InChI=1S/C24H26N2O4S2/c1-30-20-11-6-5-10-19(20)22(27)26-23(32(28,29)18-8-3-2-4-9-18)24(13-15-25-16-14-24)21-12-7-17-31-21/h2-12,17,23,25H,13-16H2,1H3,(H,26,27). The second-order valence-corrected chi connectivity index (χ2v) is 10.8. The van der Waals surface area contributed by atoms with E-state index in [1.54, 1.807) is 54.6 Å². The van der Waals surface area contributed by atoms with Gasteiger partial charge in [-0.05, 0) is 61.6 Å². The van der Waals surface area contributed by atoms with E-state index in [0.29, 0.717) is 37.2 Å². The van der Waals surface area contributed by atoms with Crippen LogP contribution in [0.4, 0.5) is 0 Å². The van der Waals surface area contributed by atoms with Crippen LogP contribution in [0.25, 0.3) is 0 Å². The Bertz CT molecular complexity index is 1160. The molecular formula is C24H26N2O4S2. The first-order valence-electron chi connectivity index (χ1n) is 10.5. The third-order valence-electron chi connectivity index (χ3n) is 6.01. The van der Waals surface area contributed by atoms with Crippen molar-refractivity contribution in [3.05, 3.63) is 82.6 Å². The monoisotopic (exact) mass is 470 g/mol. The van der Waals surface area contributed by atoms with Crippen molar-refractivity contribution in [3.8, 4) is 5.75 Å². The number of piperidine rings is 1. The minimum atomic E-state index is -3.90. The quantitative estimate of drug-likeness (QED) is 0.551. The van der Waals surface area contributed by atoms with Crippen LogP contribution in [0.2, 0.25) is 0 Å². The Hall–Kier alpha value is -2.68. The molecule has 3 aromatic rings. The number of rotatable bonds is 7. The number of methoxy groups -OCH3 is 1. The van der Waals surface area contributed by atoms with Gasteiger partial charge in [0.1, 0.15) is 11.1 Å². The molecule has 1 fully saturated rings. The maximum Gasteiger partial charge on any atom is 0.256 e. The Morgan fingerprint density at radius 1 is 1.03 bits per heavy atom. The molecule has 0 bridgehead atoms. The fourth-order valence-electron chi connectivity index (χ4n) is 4.36. The molecule has 2 N–H and O–H groups in total. The van der Waals surface area contributed by atoms with Gasteiger partial charge in [-0.2, -0.15) is 0 Å². The van der Waals surface area contributed by atoms with Gasteiger partial charge < -0.3 is 15.4 Å². The lowest BCUT2D eigenvalue weighted by Gasteiger charge is -2.43. The zero-order chi connectivity index (χ0) is 22.6. The number of hydrogen-bond acceptors (Lipinski definition) is 6. The predicted octanol–water partition coefficient (Wildman–Crippen LogP) is 3.61. The highest BCUT2D eigenvalue weighted by atomic mass is 32.2. The Morgan fingerprint density at radius 3 is 2.38 bits per heavy atom. The van der Waals surface area contributed by atoms with Gasteiger partial charge in [0.05, 0.1) is 17.6 Å². The van der Waals surface area contributed by atoms with Crippen molar-refractivity contribution in [1.82, 2.24) is 10.6 Å². The van der Waals surface area contributed by atoms with Crippen LogP contribution >= 0.6 is 11.3 Å². The first-order valence-corrected chi connectivity index (χ1v) is 12.9. The van der Waals surface area contributed by atoms with Crippen molar-refractivity contribution in [3.63, 3.8) is 0 Å². The van der Waals surface area contributed by atoms with E-state index < -0.39 is 26.5 Å². The van der Waals surface area contributed by atoms with Crippen LogP contribution in [-0.4, -0.2) is 39.9 Å². The summed E-state index contributed by atoms with van der Waals surface area (Å²) in [6, 6.07) is 19.1. The van der Waals surface area contributed by atoms with Crippen molar-refractivity contribution in [2.24, 2.45) is 0 Å². The summed E-state index contributed by atoms with van der Waals surface area (Å²) >= 11 is 1.53. The number of carbonyl (C=O) groups is 1. The molecule has 0 radical (unpaired) electrons. The molecule has 1 atom stereocenters. The third-order valence-corrected chi connectivity index (χ3v) is 9.21. The molecule has 1 aliphatic rings. The fraction of sp³-hybridized carbons (Fsp3) is 0.292. The average molecular weight is 471 g/mol. The van der Waals surface area contributed by atoms with Gasteiger partial charge in [0.15, 0.2) is 9.84 Å². The van der Waals surface area contributed by atoms with Crippen LogP contribution < -0.4 is 15.4 Å². The summed E-state index contributed by atoms with van der Waals surface area (Å²) < 4.78 is 33.3. The highest BCUT2D eigenvalue weighted by Crippen LogP contribution is 2.43. The summed E-state index contributed by atoms with van der Waals surface area (Å²) in [5, 5.41) is 7.07. The van der Waals surface area contributed by atoms with Gasteiger partial charge in [0.2, 0.25) is 0 Å². The minimum Gasteiger partial charge on any atom is -0.496 e.